The van der Waals surface area contributed by atoms with E-state index < -0.39 is 5.97 Å². The third-order valence-corrected chi connectivity index (χ3v) is 1.93. The number of carbonyl (C=O) groups excluding carboxylic acids is 1. The molecular weight excluding hydrogens is 204 g/mol. The van der Waals surface area contributed by atoms with E-state index in [4.69, 9.17) is 4.89 Å². The van der Waals surface area contributed by atoms with E-state index in [1.54, 1.807) is 6.08 Å². The van der Waals surface area contributed by atoms with Gasteiger partial charge in [0.05, 0.1) is 6.61 Å². The minimum atomic E-state index is -0.486. The summed E-state index contributed by atoms with van der Waals surface area (Å²) >= 11 is 0. The van der Waals surface area contributed by atoms with Crippen LogP contribution in [-0.4, -0.2) is 12.6 Å². The first-order valence-electron chi connectivity index (χ1n) is 5.39. The molecule has 0 aliphatic rings. The van der Waals surface area contributed by atoms with Gasteiger partial charge in [-0.1, -0.05) is 43.7 Å². The van der Waals surface area contributed by atoms with Crippen molar-refractivity contribution in [1.29, 1.82) is 0 Å². The van der Waals surface area contributed by atoms with E-state index >= 15 is 0 Å². The quantitative estimate of drug-likeness (QED) is 0.320. The Morgan fingerprint density at radius 1 is 1.31 bits per heavy atom. The zero-order valence-electron chi connectivity index (χ0n) is 9.39. The van der Waals surface area contributed by atoms with E-state index in [2.05, 4.69) is 4.89 Å². The SMILES string of the molecule is CCCCOOC(=O)/C=C/c1ccccc1. The molecule has 0 N–H and O–H groups in total. The highest BCUT2D eigenvalue weighted by atomic mass is 17.2. The van der Waals surface area contributed by atoms with Crippen LogP contribution >= 0.6 is 0 Å². The van der Waals surface area contributed by atoms with Crippen molar-refractivity contribution < 1.29 is 14.6 Å². The van der Waals surface area contributed by atoms with Gasteiger partial charge >= 0.3 is 5.97 Å². The van der Waals surface area contributed by atoms with Gasteiger partial charge in [-0.25, -0.2) is 4.79 Å². The van der Waals surface area contributed by atoms with Crippen LogP contribution in [0.25, 0.3) is 6.08 Å². The highest BCUT2D eigenvalue weighted by Gasteiger charge is 1.97. The Morgan fingerprint density at radius 3 is 2.75 bits per heavy atom. The molecule has 0 aromatic heterocycles. The molecule has 0 saturated carbocycles. The lowest BCUT2D eigenvalue weighted by Crippen LogP contribution is -2.02. The number of benzene rings is 1. The van der Waals surface area contributed by atoms with Gasteiger partial charge in [-0.05, 0) is 18.1 Å². The van der Waals surface area contributed by atoms with Gasteiger partial charge in [0.2, 0.25) is 0 Å². The molecule has 0 atom stereocenters. The lowest BCUT2D eigenvalue weighted by Gasteiger charge is -1.99. The van der Waals surface area contributed by atoms with Crippen LogP contribution in [0, 0.1) is 0 Å². The highest BCUT2D eigenvalue weighted by molar-refractivity contribution is 5.86. The van der Waals surface area contributed by atoms with Gasteiger partial charge in [0.25, 0.3) is 0 Å². The number of carbonyl (C=O) groups is 1. The largest absolute Gasteiger partial charge is 0.365 e. The molecule has 0 amide bonds. The first-order chi connectivity index (χ1) is 7.83. The summed E-state index contributed by atoms with van der Waals surface area (Å²) in [6, 6.07) is 9.54. The Morgan fingerprint density at radius 2 is 2.06 bits per heavy atom. The predicted octanol–water partition coefficient (Wildman–Crippen LogP) is 2.97. The number of hydrogen-bond donors (Lipinski definition) is 0. The van der Waals surface area contributed by atoms with Crippen molar-refractivity contribution in [2.24, 2.45) is 0 Å². The molecule has 1 aromatic carbocycles. The van der Waals surface area contributed by atoms with Crippen molar-refractivity contribution in [1.82, 2.24) is 0 Å². The first-order valence-corrected chi connectivity index (χ1v) is 5.39. The standard InChI is InChI=1S/C13H16O3/c1-2-3-11-15-16-13(14)10-9-12-7-5-4-6-8-12/h4-10H,2-3,11H2,1H3/b10-9+. The van der Waals surface area contributed by atoms with E-state index in [1.807, 2.05) is 37.3 Å². The smallest absolute Gasteiger partial charge is 0.294 e. The second kappa shape index (κ2) is 7.65. The number of rotatable bonds is 6. The molecule has 0 heterocycles. The highest BCUT2D eigenvalue weighted by Crippen LogP contribution is 2.01. The predicted molar refractivity (Wildman–Crippen MR) is 62.4 cm³/mol. The van der Waals surface area contributed by atoms with Crippen molar-refractivity contribution in [3.8, 4) is 0 Å². The minimum absolute atomic E-state index is 0.446. The van der Waals surface area contributed by atoms with Crippen molar-refractivity contribution in [2.75, 3.05) is 6.61 Å². The molecule has 1 aromatic rings. The molecule has 3 nitrogen and oxygen atoms in total. The van der Waals surface area contributed by atoms with E-state index in [0.717, 1.165) is 18.4 Å². The molecule has 86 valence electrons. The Bertz CT molecular complexity index is 330. The maximum absolute atomic E-state index is 11.1. The van der Waals surface area contributed by atoms with Crippen molar-refractivity contribution in [2.45, 2.75) is 19.8 Å². The second-order valence-corrected chi connectivity index (χ2v) is 3.32. The molecule has 1 rings (SSSR count). The van der Waals surface area contributed by atoms with Crippen LogP contribution in [0.5, 0.6) is 0 Å². The zero-order valence-corrected chi connectivity index (χ0v) is 9.39. The van der Waals surface area contributed by atoms with Crippen molar-refractivity contribution in [3.05, 3.63) is 42.0 Å². The van der Waals surface area contributed by atoms with Gasteiger partial charge in [-0.3, -0.25) is 4.89 Å². The van der Waals surface area contributed by atoms with Gasteiger partial charge in [0, 0.05) is 6.08 Å². The fourth-order valence-electron chi connectivity index (χ4n) is 1.06. The lowest BCUT2D eigenvalue weighted by atomic mass is 10.2. The van der Waals surface area contributed by atoms with Gasteiger partial charge in [0.1, 0.15) is 0 Å². The van der Waals surface area contributed by atoms with Crippen LogP contribution in [0.15, 0.2) is 36.4 Å². The molecule has 0 saturated heterocycles. The summed E-state index contributed by atoms with van der Waals surface area (Å²) < 4.78 is 0. The van der Waals surface area contributed by atoms with Gasteiger partial charge in [-0.15, -0.1) is 0 Å². The van der Waals surface area contributed by atoms with Crippen molar-refractivity contribution in [3.63, 3.8) is 0 Å². The van der Waals surface area contributed by atoms with Crippen LogP contribution in [0.4, 0.5) is 0 Å². The molecule has 0 unspecified atom stereocenters. The lowest BCUT2D eigenvalue weighted by molar-refractivity contribution is -0.267. The van der Waals surface area contributed by atoms with Gasteiger partial charge in [0.15, 0.2) is 0 Å². The number of unbranched alkanes of at least 4 members (excludes halogenated alkanes) is 1. The van der Waals surface area contributed by atoms with E-state index in [9.17, 15) is 4.79 Å². The summed E-state index contributed by atoms with van der Waals surface area (Å²) in [6.45, 7) is 2.49. The summed E-state index contributed by atoms with van der Waals surface area (Å²) in [5, 5.41) is 0. The molecule has 16 heavy (non-hydrogen) atoms. The van der Waals surface area contributed by atoms with Crippen LogP contribution in [-0.2, 0) is 14.6 Å². The molecule has 0 spiro atoms. The summed E-state index contributed by atoms with van der Waals surface area (Å²) in [6.07, 6.45) is 4.93. The second-order valence-electron chi connectivity index (χ2n) is 3.32. The monoisotopic (exact) mass is 220 g/mol. The maximum atomic E-state index is 11.1. The molecule has 0 aliphatic carbocycles. The molecule has 0 bridgehead atoms. The average molecular weight is 220 g/mol. The molecular formula is C13H16O3. The van der Waals surface area contributed by atoms with Crippen LogP contribution in [0.2, 0.25) is 0 Å². The molecule has 0 radical (unpaired) electrons. The third kappa shape index (κ3) is 5.32. The van der Waals surface area contributed by atoms with Gasteiger partial charge in [-0.2, -0.15) is 4.89 Å². The Balaban J connectivity index is 2.26. The topological polar surface area (TPSA) is 35.5 Å². The van der Waals surface area contributed by atoms with E-state index in [1.165, 1.54) is 6.08 Å². The summed E-state index contributed by atoms with van der Waals surface area (Å²) in [4.78, 5) is 20.4. The summed E-state index contributed by atoms with van der Waals surface area (Å²) in [5.74, 6) is -0.486. The summed E-state index contributed by atoms with van der Waals surface area (Å²) in [5.41, 5.74) is 0.952. The minimum Gasteiger partial charge on any atom is -0.294 e. The molecule has 3 heteroatoms. The third-order valence-electron chi connectivity index (χ3n) is 1.93. The van der Waals surface area contributed by atoms with E-state index in [-0.39, 0.29) is 0 Å². The normalized spacial score (nSPS) is 10.6. The fraction of sp³-hybridized carbons (Fsp3) is 0.308. The first kappa shape index (κ1) is 12.5. The Labute approximate surface area is 95.6 Å². The molecule has 0 aliphatic heterocycles. The van der Waals surface area contributed by atoms with Gasteiger partial charge < -0.3 is 0 Å². The van der Waals surface area contributed by atoms with Crippen LogP contribution in [0.1, 0.15) is 25.3 Å². The fourth-order valence-corrected chi connectivity index (χ4v) is 1.06. The van der Waals surface area contributed by atoms with Crippen LogP contribution < -0.4 is 0 Å². The average Bonchev–Trinajstić information content (AvgIpc) is 2.33. The maximum Gasteiger partial charge on any atom is 0.365 e. The van der Waals surface area contributed by atoms with E-state index in [0.29, 0.717) is 6.61 Å². The van der Waals surface area contributed by atoms with Crippen LogP contribution in [0.3, 0.4) is 0 Å². The Kier molecular flexibility index (Phi) is 5.96. The molecule has 0 fully saturated rings. The Hall–Kier alpha value is -1.61. The summed E-state index contributed by atoms with van der Waals surface area (Å²) in [7, 11) is 0. The van der Waals surface area contributed by atoms with Crippen molar-refractivity contribution >= 4 is 12.0 Å². The number of hydrogen-bond acceptors (Lipinski definition) is 3. The zero-order chi connectivity index (χ0) is 11.6.